The van der Waals surface area contributed by atoms with Crippen LogP contribution in [-0.2, 0) is 9.59 Å². The molecule has 7 heteroatoms. The number of hydrogen-bond acceptors (Lipinski definition) is 3. The van der Waals surface area contributed by atoms with Gasteiger partial charge in [0.1, 0.15) is 0 Å². The fraction of sp³-hybridized carbons (Fsp3) is 0.333. The maximum Gasteiger partial charge on any atom is 0.246 e. The topological polar surface area (TPSA) is 75.4 Å². The maximum absolute atomic E-state index is 11.8. The van der Waals surface area contributed by atoms with E-state index in [1.54, 1.807) is 19.2 Å². The Bertz CT molecular complexity index is 466. The van der Waals surface area contributed by atoms with Crippen molar-refractivity contribution in [1.82, 2.24) is 5.32 Å². The number of nitrogens with two attached hydrogens (primary N) is 1. The van der Waals surface area contributed by atoms with E-state index in [9.17, 15) is 9.59 Å². The normalized spacial score (nSPS) is 9.47. The van der Waals surface area contributed by atoms with Gasteiger partial charge < -0.3 is 16.0 Å². The smallest absolute Gasteiger partial charge is 0.246 e. The van der Waals surface area contributed by atoms with E-state index in [-0.39, 0.29) is 37.3 Å². The van der Waals surface area contributed by atoms with Crippen molar-refractivity contribution in [2.24, 2.45) is 5.73 Å². The van der Waals surface area contributed by atoms with E-state index in [2.05, 4.69) is 5.32 Å². The highest BCUT2D eigenvalue weighted by atomic mass is 35.5. The molecule has 19 heavy (non-hydrogen) atoms. The summed E-state index contributed by atoms with van der Waals surface area (Å²) in [6.45, 7) is 1.67. The van der Waals surface area contributed by atoms with Crippen LogP contribution in [0.2, 0.25) is 5.02 Å². The molecule has 0 spiro atoms. The summed E-state index contributed by atoms with van der Waals surface area (Å²) in [6.07, 6.45) is 0. The van der Waals surface area contributed by atoms with Crippen LogP contribution in [0, 0.1) is 6.92 Å². The van der Waals surface area contributed by atoms with Gasteiger partial charge in [0.05, 0.1) is 13.1 Å². The summed E-state index contributed by atoms with van der Waals surface area (Å²) in [6, 6.07) is 5.34. The van der Waals surface area contributed by atoms with Gasteiger partial charge in [0.15, 0.2) is 0 Å². The highest BCUT2D eigenvalue weighted by molar-refractivity contribution is 6.31. The number of anilines is 1. The van der Waals surface area contributed by atoms with Crippen LogP contribution in [0.5, 0.6) is 0 Å². The van der Waals surface area contributed by atoms with Crippen molar-refractivity contribution in [1.29, 1.82) is 0 Å². The first kappa shape index (κ1) is 17.7. The van der Waals surface area contributed by atoms with Crippen LogP contribution in [-0.4, -0.2) is 32.0 Å². The van der Waals surface area contributed by atoms with Gasteiger partial charge in [-0.05, 0) is 24.6 Å². The average molecular weight is 306 g/mol. The van der Waals surface area contributed by atoms with E-state index in [0.29, 0.717) is 10.7 Å². The number of nitrogens with one attached hydrogen (secondary N) is 1. The van der Waals surface area contributed by atoms with Gasteiger partial charge in [-0.1, -0.05) is 17.7 Å². The van der Waals surface area contributed by atoms with Crippen LogP contribution in [0.4, 0.5) is 5.69 Å². The minimum absolute atomic E-state index is 0. The average Bonchev–Trinajstić information content (AvgIpc) is 2.37. The molecule has 0 radical (unpaired) electrons. The third-order valence-electron chi connectivity index (χ3n) is 2.54. The third-order valence-corrected chi connectivity index (χ3v) is 2.95. The van der Waals surface area contributed by atoms with Crippen molar-refractivity contribution in [3.05, 3.63) is 28.8 Å². The quantitative estimate of drug-likeness (QED) is 0.875. The monoisotopic (exact) mass is 305 g/mol. The number of nitrogens with zero attached hydrogens (tertiary/aromatic N) is 1. The highest BCUT2D eigenvalue weighted by Crippen LogP contribution is 2.22. The molecule has 106 valence electrons. The molecule has 0 aliphatic rings. The standard InChI is InChI=1S/C12H16ClN3O2.ClH/c1-8-3-4-9(5-10(8)13)16(2)12(18)7-15-11(17)6-14;/h3-5H,6-7,14H2,1-2H3,(H,15,17);1H. The number of carbonyl (C=O) groups is 2. The summed E-state index contributed by atoms with van der Waals surface area (Å²) in [4.78, 5) is 24.2. The van der Waals surface area contributed by atoms with E-state index >= 15 is 0 Å². The largest absolute Gasteiger partial charge is 0.346 e. The zero-order chi connectivity index (χ0) is 13.7. The van der Waals surface area contributed by atoms with Gasteiger partial charge in [0.2, 0.25) is 11.8 Å². The number of rotatable bonds is 4. The van der Waals surface area contributed by atoms with Crippen molar-refractivity contribution in [2.75, 3.05) is 25.0 Å². The molecule has 0 fully saturated rings. The molecule has 0 aliphatic heterocycles. The molecule has 1 aromatic carbocycles. The molecule has 0 saturated carbocycles. The molecule has 0 atom stereocenters. The Labute approximate surface area is 123 Å². The van der Waals surface area contributed by atoms with Gasteiger partial charge in [-0.2, -0.15) is 0 Å². The van der Waals surface area contributed by atoms with Crippen molar-refractivity contribution in [2.45, 2.75) is 6.92 Å². The van der Waals surface area contributed by atoms with Crippen LogP contribution in [0.1, 0.15) is 5.56 Å². The molecule has 1 rings (SSSR count). The van der Waals surface area contributed by atoms with Gasteiger partial charge in [-0.15, -0.1) is 12.4 Å². The fourth-order valence-corrected chi connectivity index (χ4v) is 1.47. The molecule has 3 N–H and O–H groups in total. The Kier molecular flexibility index (Phi) is 7.44. The predicted molar refractivity (Wildman–Crippen MR) is 78.9 cm³/mol. The second-order valence-electron chi connectivity index (χ2n) is 3.87. The van der Waals surface area contributed by atoms with Crippen molar-refractivity contribution in [3.63, 3.8) is 0 Å². The number of aryl methyl sites for hydroxylation is 1. The Morgan fingerprint density at radius 3 is 2.58 bits per heavy atom. The lowest BCUT2D eigenvalue weighted by Crippen LogP contribution is -2.40. The van der Waals surface area contributed by atoms with Crippen molar-refractivity contribution >= 4 is 41.5 Å². The number of benzene rings is 1. The van der Waals surface area contributed by atoms with Crippen LogP contribution in [0.25, 0.3) is 0 Å². The van der Waals surface area contributed by atoms with Crippen LogP contribution in [0.3, 0.4) is 0 Å². The lowest BCUT2D eigenvalue weighted by atomic mass is 10.2. The molecule has 2 amide bonds. The van der Waals surface area contributed by atoms with Crippen molar-refractivity contribution < 1.29 is 9.59 Å². The Morgan fingerprint density at radius 2 is 2.05 bits per heavy atom. The lowest BCUT2D eigenvalue weighted by molar-refractivity contribution is -0.124. The summed E-state index contributed by atoms with van der Waals surface area (Å²) < 4.78 is 0. The number of amides is 2. The number of halogens is 2. The van der Waals surface area contributed by atoms with Gasteiger partial charge in [-0.3, -0.25) is 9.59 Å². The first-order valence-corrected chi connectivity index (χ1v) is 5.83. The maximum atomic E-state index is 11.8. The molecule has 0 aliphatic carbocycles. The first-order chi connectivity index (χ1) is 8.45. The Balaban J connectivity index is 0.00000324. The summed E-state index contributed by atoms with van der Waals surface area (Å²) in [5.41, 5.74) is 6.75. The van der Waals surface area contributed by atoms with Gasteiger partial charge >= 0.3 is 0 Å². The molecule has 5 nitrogen and oxygen atoms in total. The summed E-state index contributed by atoms with van der Waals surface area (Å²) in [7, 11) is 1.62. The Hall–Kier alpha value is -1.30. The van der Waals surface area contributed by atoms with E-state index in [1.165, 1.54) is 4.90 Å². The van der Waals surface area contributed by atoms with Crippen LogP contribution < -0.4 is 16.0 Å². The fourth-order valence-electron chi connectivity index (χ4n) is 1.30. The zero-order valence-electron chi connectivity index (χ0n) is 10.8. The minimum Gasteiger partial charge on any atom is -0.346 e. The lowest BCUT2D eigenvalue weighted by Gasteiger charge is -2.18. The van der Waals surface area contributed by atoms with E-state index in [1.807, 2.05) is 13.0 Å². The van der Waals surface area contributed by atoms with Gasteiger partial charge in [-0.25, -0.2) is 0 Å². The second kappa shape index (κ2) is 7.99. The van der Waals surface area contributed by atoms with Crippen LogP contribution in [0.15, 0.2) is 18.2 Å². The first-order valence-electron chi connectivity index (χ1n) is 5.45. The molecule has 1 aromatic rings. The molecule has 0 heterocycles. The number of hydrogen-bond donors (Lipinski definition) is 2. The molecular weight excluding hydrogens is 289 g/mol. The number of likely N-dealkylation sites (N-methyl/N-ethyl adjacent to an activating group) is 1. The van der Waals surface area contributed by atoms with Gasteiger partial charge in [0, 0.05) is 17.8 Å². The van der Waals surface area contributed by atoms with Crippen LogP contribution >= 0.6 is 24.0 Å². The predicted octanol–water partition coefficient (Wildman–Crippen LogP) is 1.11. The minimum atomic E-state index is -0.362. The molecule has 0 saturated heterocycles. The number of carbonyl (C=O) groups excluding carboxylic acids is 2. The summed E-state index contributed by atoms with van der Waals surface area (Å²) >= 11 is 5.99. The molecule has 0 aromatic heterocycles. The molecule has 0 bridgehead atoms. The van der Waals surface area contributed by atoms with E-state index in [4.69, 9.17) is 17.3 Å². The van der Waals surface area contributed by atoms with Crippen molar-refractivity contribution in [3.8, 4) is 0 Å². The highest BCUT2D eigenvalue weighted by Gasteiger charge is 2.12. The summed E-state index contributed by atoms with van der Waals surface area (Å²) in [5.74, 6) is -0.601. The van der Waals surface area contributed by atoms with Gasteiger partial charge in [0.25, 0.3) is 0 Å². The Morgan fingerprint density at radius 1 is 1.42 bits per heavy atom. The zero-order valence-corrected chi connectivity index (χ0v) is 12.3. The molecular formula is C12H17Cl2N3O2. The second-order valence-corrected chi connectivity index (χ2v) is 4.27. The van der Waals surface area contributed by atoms with E-state index in [0.717, 1.165) is 5.56 Å². The summed E-state index contributed by atoms with van der Waals surface area (Å²) in [5, 5.41) is 3.02. The van der Waals surface area contributed by atoms with E-state index < -0.39 is 0 Å². The molecule has 0 unspecified atom stereocenters. The third kappa shape index (κ3) is 5.06. The SMILES string of the molecule is Cc1ccc(N(C)C(=O)CNC(=O)CN)cc1Cl.Cl.